The van der Waals surface area contributed by atoms with Crippen LogP contribution in [0.1, 0.15) is 21.8 Å². The molecule has 0 bridgehead atoms. The molecule has 0 aliphatic rings. The van der Waals surface area contributed by atoms with Crippen molar-refractivity contribution in [1.29, 1.82) is 5.26 Å². The Labute approximate surface area is 115 Å². The summed E-state index contributed by atoms with van der Waals surface area (Å²) in [6.07, 6.45) is 2.96. The average molecular weight is 270 g/mol. The minimum Gasteiger partial charge on any atom is -0.496 e. The highest BCUT2D eigenvalue weighted by Crippen LogP contribution is 2.28. The fourth-order valence-electron chi connectivity index (χ4n) is 1.90. The molecule has 0 saturated carbocycles. The van der Waals surface area contributed by atoms with E-state index >= 15 is 0 Å². The number of ether oxygens (including phenoxy) is 1. The van der Waals surface area contributed by atoms with Crippen LogP contribution in [0.15, 0.2) is 42.7 Å². The first-order valence-corrected chi connectivity index (χ1v) is 5.85. The van der Waals surface area contributed by atoms with E-state index in [1.807, 2.05) is 6.07 Å². The summed E-state index contributed by atoms with van der Waals surface area (Å²) in [5, 5.41) is 9.21. The van der Waals surface area contributed by atoms with Gasteiger partial charge in [0.05, 0.1) is 18.7 Å². The monoisotopic (exact) mass is 270 g/mol. The number of benzene rings is 1. The fourth-order valence-corrected chi connectivity index (χ4v) is 1.90. The van der Waals surface area contributed by atoms with E-state index in [1.165, 1.54) is 31.6 Å². The molecule has 0 aliphatic heterocycles. The third-order valence-electron chi connectivity index (χ3n) is 2.87. The lowest BCUT2D eigenvalue weighted by atomic mass is 9.92. The Morgan fingerprint density at radius 2 is 2.05 bits per heavy atom. The Bertz CT molecular complexity index is 665. The second-order valence-corrected chi connectivity index (χ2v) is 4.02. The molecule has 1 aromatic carbocycles. The van der Waals surface area contributed by atoms with Crippen molar-refractivity contribution in [2.24, 2.45) is 0 Å². The number of nitriles is 1. The van der Waals surface area contributed by atoms with Gasteiger partial charge in [-0.25, -0.2) is 4.39 Å². The van der Waals surface area contributed by atoms with Crippen LogP contribution in [0, 0.1) is 17.1 Å². The van der Waals surface area contributed by atoms with E-state index in [1.54, 1.807) is 12.1 Å². The summed E-state index contributed by atoms with van der Waals surface area (Å²) >= 11 is 0. The van der Waals surface area contributed by atoms with Gasteiger partial charge in [0.15, 0.2) is 5.78 Å². The maximum absolute atomic E-state index is 13.9. The van der Waals surface area contributed by atoms with Crippen molar-refractivity contribution < 1.29 is 13.9 Å². The van der Waals surface area contributed by atoms with Crippen molar-refractivity contribution in [3.05, 3.63) is 59.7 Å². The van der Waals surface area contributed by atoms with Gasteiger partial charge in [-0.3, -0.25) is 9.78 Å². The number of aromatic nitrogens is 1. The lowest BCUT2D eigenvalue weighted by Gasteiger charge is -2.12. The topological polar surface area (TPSA) is 63.0 Å². The van der Waals surface area contributed by atoms with Crippen molar-refractivity contribution in [3.8, 4) is 11.8 Å². The van der Waals surface area contributed by atoms with E-state index in [2.05, 4.69) is 4.98 Å². The van der Waals surface area contributed by atoms with Crippen LogP contribution in [-0.4, -0.2) is 17.9 Å². The minimum absolute atomic E-state index is 0.115. The van der Waals surface area contributed by atoms with E-state index in [0.717, 1.165) is 6.07 Å². The quantitative estimate of drug-likeness (QED) is 0.801. The standard InChI is InChI=1S/C15H11FN2O2/c1-20-13-4-2-3-12(16)14(13)15(19)11(9-17)10-5-7-18-8-6-10/h2-8,11H,1H3. The number of methoxy groups -OCH3 is 1. The molecule has 1 heterocycles. The van der Waals surface area contributed by atoms with E-state index in [-0.39, 0.29) is 11.3 Å². The largest absolute Gasteiger partial charge is 0.496 e. The van der Waals surface area contributed by atoms with Crippen LogP contribution in [0.5, 0.6) is 5.75 Å². The summed E-state index contributed by atoms with van der Waals surface area (Å²) in [5.74, 6) is -2.31. The molecule has 2 aromatic rings. The Hall–Kier alpha value is -2.74. The lowest BCUT2D eigenvalue weighted by molar-refractivity contribution is 0.0971. The van der Waals surface area contributed by atoms with E-state index in [0.29, 0.717) is 5.56 Å². The number of halogens is 1. The van der Waals surface area contributed by atoms with Crippen LogP contribution >= 0.6 is 0 Å². The van der Waals surface area contributed by atoms with Crippen LogP contribution < -0.4 is 4.74 Å². The zero-order chi connectivity index (χ0) is 14.5. The molecule has 1 unspecified atom stereocenters. The molecule has 20 heavy (non-hydrogen) atoms. The first-order chi connectivity index (χ1) is 9.69. The van der Waals surface area contributed by atoms with Crippen LogP contribution in [0.3, 0.4) is 0 Å². The molecule has 0 aliphatic carbocycles. The summed E-state index contributed by atoms with van der Waals surface area (Å²) in [7, 11) is 1.35. The van der Waals surface area contributed by atoms with Crippen LogP contribution in [0.25, 0.3) is 0 Å². The predicted octanol–water partition coefficient (Wildman–Crippen LogP) is 2.72. The van der Waals surface area contributed by atoms with Gasteiger partial charge in [-0.05, 0) is 29.8 Å². The molecule has 1 aromatic heterocycles. The van der Waals surface area contributed by atoms with Crippen molar-refractivity contribution in [2.75, 3.05) is 7.11 Å². The van der Waals surface area contributed by atoms with E-state index in [4.69, 9.17) is 4.74 Å². The lowest BCUT2D eigenvalue weighted by Crippen LogP contribution is -2.14. The molecular weight excluding hydrogens is 259 g/mol. The summed E-state index contributed by atoms with van der Waals surface area (Å²) in [6, 6.07) is 9.10. The highest BCUT2D eigenvalue weighted by Gasteiger charge is 2.27. The Balaban J connectivity index is 2.48. The SMILES string of the molecule is COc1cccc(F)c1C(=O)C(C#N)c1ccncc1. The Morgan fingerprint density at radius 3 is 2.65 bits per heavy atom. The molecule has 0 fully saturated rings. The van der Waals surface area contributed by atoms with Crippen LogP contribution in [0.4, 0.5) is 4.39 Å². The number of pyridine rings is 1. The normalized spacial score (nSPS) is 11.4. The number of carbonyl (C=O) groups is 1. The first-order valence-electron chi connectivity index (χ1n) is 5.85. The number of hydrogen-bond acceptors (Lipinski definition) is 4. The molecule has 0 spiro atoms. The zero-order valence-corrected chi connectivity index (χ0v) is 10.7. The third kappa shape index (κ3) is 2.50. The van der Waals surface area contributed by atoms with Gasteiger partial charge in [0, 0.05) is 12.4 Å². The van der Waals surface area contributed by atoms with Gasteiger partial charge < -0.3 is 4.74 Å². The molecule has 4 nitrogen and oxygen atoms in total. The fraction of sp³-hybridized carbons (Fsp3) is 0.133. The summed E-state index contributed by atoms with van der Waals surface area (Å²) in [5.41, 5.74) is 0.260. The number of ketones is 1. The predicted molar refractivity (Wildman–Crippen MR) is 69.9 cm³/mol. The maximum Gasteiger partial charge on any atom is 0.191 e. The van der Waals surface area contributed by atoms with Gasteiger partial charge in [-0.2, -0.15) is 5.26 Å². The van der Waals surface area contributed by atoms with Gasteiger partial charge in [-0.15, -0.1) is 0 Å². The molecule has 2 rings (SSSR count). The maximum atomic E-state index is 13.9. The van der Waals surface area contributed by atoms with Gasteiger partial charge in [-0.1, -0.05) is 6.07 Å². The van der Waals surface area contributed by atoms with Gasteiger partial charge in [0.1, 0.15) is 17.5 Å². The second-order valence-electron chi connectivity index (χ2n) is 4.02. The van der Waals surface area contributed by atoms with Crippen LogP contribution in [0.2, 0.25) is 0 Å². The minimum atomic E-state index is -1.09. The van der Waals surface area contributed by atoms with Gasteiger partial charge >= 0.3 is 0 Å². The van der Waals surface area contributed by atoms with Crippen molar-refractivity contribution in [2.45, 2.75) is 5.92 Å². The summed E-state index contributed by atoms with van der Waals surface area (Å²) in [4.78, 5) is 16.2. The smallest absolute Gasteiger partial charge is 0.191 e. The molecule has 0 radical (unpaired) electrons. The second kappa shape index (κ2) is 5.93. The number of nitrogens with zero attached hydrogens (tertiary/aromatic N) is 2. The van der Waals surface area contributed by atoms with E-state index < -0.39 is 17.5 Å². The molecule has 100 valence electrons. The van der Waals surface area contributed by atoms with Gasteiger partial charge in [0.2, 0.25) is 0 Å². The number of hydrogen-bond donors (Lipinski definition) is 0. The molecule has 5 heteroatoms. The Kier molecular flexibility index (Phi) is 4.06. The molecule has 0 saturated heterocycles. The molecule has 1 atom stereocenters. The number of carbonyl (C=O) groups excluding carboxylic acids is 1. The number of Topliss-reactive ketones (excluding diaryl/α,β-unsaturated/α-hetero) is 1. The third-order valence-corrected chi connectivity index (χ3v) is 2.87. The van der Waals surface area contributed by atoms with Gasteiger partial charge in [0.25, 0.3) is 0 Å². The van der Waals surface area contributed by atoms with Crippen LogP contribution in [-0.2, 0) is 0 Å². The highest BCUT2D eigenvalue weighted by molar-refractivity contribution is 6.05. The molecule has 0 N–H and O–H groups in total. The first kappa shape index (κ1) is 13.7. The average Bonchev–Trinajstić information content (AvgIpc) is 2.48. The van der Waals surface area contributed by atoms with Crippen molar-refractivity contribution in [3.63, 3.8) is 0 Å². The van der Waals surface area contributed by atoms with Crippen molar-refractivity contribution >= 4 is 5.78 Å². The zero-order valence-electron chi connectivity index (χ0n) is 10.7. The highest BCUT2D eigenvalue weighted by atomic mass is 19.1. The molecule has 0 amide bonds. The summed E-state index contributed by atoms with van der Waals surface area (Å²) < 4.78 is 18.9. The van der Waals surface area contributed by atoms with Crippen molar-refractivity contribution in [1.82, 2.24) is 4.98 Å². The number of rotatable bonds is 4. The van der Waals surface area contributed by atoms with E-state index in [9.17, 15) is 14.4 Å². The summed E-state index contributed by atoms with van der Waals surface area (Å²) in [6.45, 7) is 0. The molecular formula is C15H11FN2O2. The Morgan fingerprint density at radius 1 is 1.35 bits per heavy atom.